The predicted octanol–water partition coefficient (Wildman–Crippen LogP) is 1.52. The van der Waals surface area contributed by atoms with Gasteiger partial charge in [-0.05, 0) is 18.2 Å². The van der Waals surface area contributed by atoms with Crippen LogP contribution in [0.5, 0.6) is 0 Å². The minimum Gasteiger partial charge on any atom is -0.378 e. The van der Waals surface area contributed by atoms with E-state index in [-0.39, 0.29) is 18.4 Å². The minimum atomic E-state index is 0.0792. The summed E-state index contributed by atoms with van der Waals surface area (Å²) in [6, 6.07) is 5.89. The Balaban J connectivity index is 1.31. The van der Waals surface area contributed by atoms with Gasteiger partial charge in [0.2, 0.25) is 11.8 Å². The molecule has 2 amide bonds. The van der Waals surface area contributed by atoms with Crippen LogP contribution >= 0.6 is 23.1 Å². The maximum Gasteiger partial charge on any atom is 0.242 e. The van der Waals surface area contributed by atoms with E-state index in [2.05, 4.69) is 10.3 Å². The molecular weight excluding hydrogens is 412 g/mol. The molecule has 0 spiro atoms. The molecule has 0 saturated carbocycles. The molecule has 10 heteroatoms. The van der Waals surface area contributed by atoms with Gasteiger partial charge < -0.3 is 24.6 Å². The second-order valence-electron chi connectivity index (χ2n) is 6.79. The highest BCUT2D eigenvalue weighted by Crippen LogP contribution is 2.31. The van der Waals surface area contributed by atoms with Gasteiger partial charge in [-0.25, -0.2) is 4.98 Å². The minimum absolute atomic E-state index is 0.0792. The first kappa shape index (κ1) is 20.4. The number of carbonyl (C=O) groups is 2. The van der Waals surface area contributed by atoms with Gasteiger partial charge in [0.05, 0.1) is 48.9 Å². The van der Waals surface area contributed by atoms with Crippen molar-refractivity contribution >= 4 is 50.8 Å². The zero-order valence-electron chi connectivity index (χ0n) is 16.1. The first-order valence-electron chi connectivity index (χ1n) is 9.67. The number of anilines is 1. The molecule has 0 bridgehead atoms. The number of thioether (sulfide) groups is 1. The van der Waals surface area contributed by atoms with Crippen LogP contribution in [0.1, 0.15) is 0 Å². The Morgan fingerprint density at radius 3 is 2.38 bits per heavy atom. The Morgan fingerprint density at radius 2 is 1.69 bits per heavy atom. The molecule has 2 fully saturated rings. The average Bonchev–Trinajstić information content (AvgIpc) is 3.19. The molecule has 2 aromatic rings. The Morgan fingerprint density at radius 1 is 1.03 bits per heavy atom. The molecule has 8 nitrogen and oxygen atoms in total. The van der Waals surface area contributed by atoms with Crippen molar-refractivity contribution in [2.75, 3.05) is 70.2 Å². The van der Waals surface area contributed by atoms with Gasteiger partial charge in [-0.1, -0.05) is 11.8 Å². The summed E-state index contributed by atoms with van der Waals surface area (Å²) < 4.78 is 12.5. The van der Waals surface area contributed by atoms with E-state index in [1.165, 1.54) is 11.8 Å². The number of ether oxygens (including phenoxy) is 2. The number of fused-ring (bicyclic) bond motifs is 1. The van der Waals surface area contributed by atoms with E-state index in [0.717, 1.165) is 20.2 Å². The van der Waals surface area contributed by atoms with Crippen molar-refractivity contribution in [3.05, 3.63) is 18.2 Å². The first-order valence-corrected chi connectivity index (χ1v) is 11.5. The molecule has 0 atom stereocenters. The van der Waals surface area contributed by atoms with Gasteiger partial charge in [-0.15, -0.1) is 11.3 Å². The van der Waals surface area contributed by atoms with Crippen LogP contribution in [0.3, 0.4) is 0 Å². The number of benzene rings is 1. The highest BCUT2D eigenvalue weighted by Gasteiger charge is 2.18. The Bertz CT molecular complexity index is 831. The fourth-order valence-corrected chi connectivity index (χ4v) is 5.22. The summed E-state index contributed by atoms with van der Waals surface area (Å²) in [6.07, 6.45) is 0. The molecule has 0 aliphatic carbocycles. The quantitative estimate of drug-likeness (QED) is 0.688. The van der Waals surface area contributed by atoms with Crippen molar-refractivity contribution in [3.63, 3.8) is 0 Å². The normalized spacial score (nSPS) is 17.5. The summed E-state index contributed by atoms with van der Waals surface area (Å²) in [5.41, 5.74) is 1.80. The molecule has 156 valence electrons. The lowest BCUT2D eigenvalue weighted by atomic mass is 10.3. The van der Waals surface area contributed by atoms with Gasteiger partial charge in [0.25, 0.3) is 0 Å². The second kappa shape index (κ2) is 9.75. The van der Waals surface area contributed by atoms with E-state index < -0.39 is 0 Å². The van der Waals surface area contributed by atoms with Crippen LogP contribution in [0.15, 0.2) is 22.5 Å². The van der Waals surface area contributed by atoms with Crippen LogP contribution in [0.25, 0.3) is 10.2 Å². The van der Waals surface area contributed by atoms with E-state index in [0.29, 0.717) is 58.4 Å². The molecule has 2 aliphatic rings. The average molecular weight is 437 g/mol. The van der Waals surface area contributed by atoms with Crippen LogP contribution in [0, 0.1) is 0 Å². The van der Waals surface area contributed by atoms with E-state index in [9.17, 15) is 9.59 Å². The predicted molar refractivity (Wildman–Crippen MR) is 114 cm³/mol. The maximum atomic E-state index is 12.3. The van der Waals surface area contributed by atoms with Crippen molar-refractivity contribution < 1.29 is 19.1 Å². The SMILES string of the molecule is O=C(CNc1ccc2nc(SCC(=O)N3CCOCC3)sc2c1)N1CCOCC1. The van der Waals surface area contributed by atoms with E-state index in [1.807, 2.05) is 28.0 Å². The number of morpholine rings is 2. The Kier molecular flexibility index (Phi) is 6.86. The monoisotopic (exact) mass is 436 g/mol. The number of aromatic nitrogens is 1. The lowest BCUT2D eigenvalue weighted by Gasteiger charge is -2.27. The molecule has 29 heavy (non-hydrogen) atoms. The van der Waals surface area contributed by atoms with Crippen LogP contribution in [-0.2, 0) is 19.1 Å². The molecular formula is C19H24N4O4S2. The van der Waals surface area contributed by atoms with E-state index in [4.69, 9.17) is 9.47 Å². The lowest BCUT2D eigenvalue weighted by molar-refractivity contribution is -0.133. The zero-order valence-corrected chi connectivity index (χ0v) is 17.7. The summed E-state index contributed by atoms with van der Waals surface area (Å²) in [5, 5.41) is 3.20. The Labute approximate surface area is 177 Å². The summed E-state index contributed by atoms with van der Waals surface area (Å²) in [5.74, 6) is 0.594. The van der Waals surface area contributed by atoms with Crippen LogP contribution in [-0.4, -0.2) is 91.5 Å². The standard InChI is InChI=1S/C19H24N4O4S2/c24-17(22-3-7-26-8-4-22)12-20-14-1-2-15-16(11-14)29-19(21-15)28-13-18(25)23-5-9-27-10-6-23/h1-2,11,20H,3-10,12-13H2. The number of amides is 2. The van der Waals surface area contributed by atoms with Gasteiger partial charge >= 0.3 is 0 Å². The molecule has 4 rings (SSSR count). The fourth-order valence-electron chi connectivity index (χ4n) is 3.20. The topological polar surface area (TPSA) is 84.0 Å². The largest absolute Gasteiger partial charge is 0.378 e. The number of hydrogen-bond acceptors (Lipinski definition) is 8. The summed E-state index contributed by atoms with van der Waals surface area (Å²) in [4.78, 5) is 32.8. The molecule has 1 N–H and O–H groups in total. The summed E-state index contributed by atoms with van der Waals surface area (Å²) >= 11 is 3.04. The van der Waals surface area contributed by atoms with Gasteiger partial charge in [0.1, 0.15) is 0 Å². The van der Waals surface area contributed by atoms with Crippen molar-refractivity contribution in [1.82, 2.24) is 14.8 Å². The molecule has 1 aromatic heterocycles. The third-order valence-corrected chi connectivity index (χ3v) is 7.01. The second-order valence-corrected chi connectivity index (χ2v) is 9.04. The van der Waals surface area contributed by atoms with Crippen molar-refractivity contribution in [2.24, 2.45) is 0 Å². The van der Waals surface area contributed by atoms with Gasteiger partial charge in [0, 0.05) is 31.9 Å². The third kappa shape index (κ3) is 5.39. The number of thiazole rings is 1. The number of carbonyl (C=O) groups excluding carboxylic acids is 2. The highest BCUT2D eigenvalue weighted by atomic mass is 32.2. The number of nitrogens with zero attached hydrogens (tertiary/aromatic N) is 3. The summed E-state index contributed by atoms with van der Waals surface area (Å²) in [6.45, 7) is 5.33. The molecule has 1 aromatic carbocycles. The molecule has 2 aliphatic heterocycles. The third-order valence-electron chi connectivity index (χ3n) is 4.86. The molecule has 0 radical (unpaired) electrons. The van der Waals surface area contributed by atoms with Gasteiger partial charge in [0.15, 0.2) is 4.34 Å². The number of hydrogen-bond donors (Lipinski definition) is 1. The van der Waals surface area contributed by atoms with Crippen molar-refractivity contribution in [1.29, 1.82) is 0 Å². The van der Waals surface area contributed by atoms with Crippen LogP contribution in [0.2, 0.25) is 0 Å². The Hall–Kier alpha value is -1.88. The molecule has 3 heterocycles. The van der Waals surface area contributed by atoms with Gasteiger partial charge in [-0.2, -0.15) is 0 Å². The van der Waals surface area contributed by atoms with Crippen LogP contribution < -0.4 is 5.32 Å². The van der Waals surface area contributed by atoms with Crippen molar-refractivity contribution in [2.45, 2.75) is 4.34 Å². The fraction of sp³-hybridized carbons (Fsp3) is 0.526. The smallest absolute Gasteiger partial charge is 0.242 e. The van der Waals surface area contributed by atoms with Gasteiger partial charge in [-0.3, -0.25) is 9.59 Å². The van der Waals surface area contributed by atoms with Crippen LogP contribution in [0.4, 0.5) is 5.69 Å². The highest BCUT2D eigenvalue weighted by molar-refractivity contribution is 8.01. The number of nitrogens with one attached hydrogen (secondary N) is 1. The van der Waals surface area contributed by atoms with E-state index >= 15 is 0 Å². The summed E-state index contributed by atoms with van der Waals surface area (Å²) in [7, 11) is 0. The maximum absolute atomic E-state index is 12.3. The zero-order chi connectivity index (χ0) is 20.1. The lowest BCUT2D eigenvalue weighted by Crippen LogP contribution is -2.43. The molecule has 0 unspecified atom stereocenters. The first-order chi connectivity index (χ1) is 14.2. The van der Waals surface area contributed by atoms with Crippen molar-refractivity contribution in [3.8, 4) is 0 Å². The number of rotatable bonds is 6. The molecule has 2 saturated heterocycles. The van der Waals surface area contributed by atoms with E-state index in [1.54, 1.807) is 11.3 Å².